The van der Waals surface area contributed by atoms with Gasteiger partial charge in [-0.2, -0.15) is 4.31 Å². The van der Waals surface area contributed by atoms with Crippen LogP contribution in [0.4, 0.5) is 0 Å². The summed E-state index contributed by atoms with van der Waals surface area (Å²) in [7, 11) is -1.88. The molecule has 24 heavy (non-hydrogen) atoms. The Morgan fingerprint density at radius 3 is 2.46 bits per heavy atom. The van der Waals surface area contributed by atoms with Crippen molar-refractivity contribution in [3.8, 4) is 5.75 Å². The molecule has 0 aromatic heterocycles. The molecule has 0 atom stereocenters. The molecular weight excluding hydrogens is 332 g/mol. The van der Waals surface area contributed by atoms with Gasteiger partial charge < -0.3 is 14.8 Å². The van der Waals surface area contributed by atoms with Crippen molar-refractivity contribution in [2.75, 3.05) is 40.0 Å². The molecule has 0 radical (unpaired) electrons. The monoisotopic (exact) mass is 356 g/mol. The van der Waals surface area contributed by atoms with Gasteiger partial charge in [-0.3, -0.25) is 4.79 Å². The Morgan fingerprint density at radius 2 is 1.83 bits per heavy atom. The summed E-state index contributed by atoms with van der Waals surface area (Å²) in [5.41, 5.74) is 0. The Labute approximate surface area is 143 Å². The van der Waals surface area contributed by atoms with Gasteiger partial charge in [-0.15, -0.1) is 0 Å². The maximum Gasteiger partial charge on any atom is 0.258 e. The minimum absolute atomic E-state index is 0.123. The fraction of sp³-hybridized carbons (Fsp3) is 0.562. The minimum atomic E-state index is -3.44. The predicted octanol–water partition coefficient (Wildman–Crippen LogP) is 1.00. The zero-order chi connectivity index (χ0) is 17.4. The summed E-state index contributed by atoms with van der Waals surface area (Å²) in [5.74, 6) is 0.201. The molecular formula is C16H24N2O5S. The van der Waals surface area contributed by atoms with Gasteiger partial charge in [0.05, 0.1) is 11.5 Å². The number of methoxy groups -OCH3 is 1. The molecule has 1 saturated heterocycles. The van der Waals surface area contributed by atoms with Gasteiger partial charge in [0.15, 0.2) is 6.61 Å². The molecule has 1 heterocycles. The Balaban J connectivity index is 1.89. The topological polar surface area (TPSA) is 84.9 Å². The van der Waals surface area contributed by atoms with E-state index in [9.17, 15) is 13.2 Å². The first-order valence-corrected chi connectivity index (χ1v) is 9.46. The number of hydrogen-bond acceptors (Lipinski definition) is 5. The lowest BCUT2D eigenvalue weighted by Crippen LogP contribution is -2.35. The summed E-state index contributed by atoms with van der Waals surface area (Å²) in [6.07, 6.45) is 2.88. The third-order valence-corrected chi connectivity index (χ3v) is 5.69. The van der Waals surface area contributed by atoms with Crippen LogP contribution in [0, 0.1) is 0 Å². The molecule has 134 valence electrons. The molecule has 1 aromatic rings. The Bertz CT molecular complexity index is 624. The zero-order valence-corrected chi connectivity index (χ0v) is 14.7. The summed E-state index contributed by atoms with van der Waals surface area (Å²) in [4.78, 5) is 11.8. The number of hydrogen-bond donors (Lipinski definition) is 1. The van der Waals surface area contributed by atoms with Gasteiger partial charge in [0.2, 0.25) is 10.0 Å². The van der Waals surface area contributed by atoms with E-state index >= 15 is 0 Å². The van der Waals surface area contributed by atoms with Crippen molar-refractivity contribution >= 4 is 15.9 Å². The van der Waals surface area contributed by atoms with Crippen LogP contribution in [-0.4, -0.2) is 58.6 Å². The average molecular weight is 356 g/mol. The number of nitrogens with zero attached hydrogens (tertiary/aromatic N) is 1. The second-order valence-electron chi connectivity index (χ2n) is 5.57. The van der Waals surface area contributed by atoms with Crippen molar-refractivity contribution in [1.29, 1.82) is 0 Å². The lowest BCUT2D eigenvalue weighted by molar-refractivity contribution is -0.123. The number of nitrogens with one attached hydrogen (secondary N) is 1. The highest BCUT2D eigenvalue weighted by atomic mass is 32.2. The molecule has 1 amide bonds. The van der Waals surface area contributed by atoms with E-state index in [-0.39, 0.29) is 17.4 Å². The predicted molar refractivity (Wildman–Crippen MR) is 89.4 cm³/mol. The number of benzene rings is 1. The van der Waals surface area contributed by atoms with E-state index in [2.05, 4.69) is 5.32 Å². The number of ether oxygens (including phenoxy) is 2. The molecule has 1 N–H and O–H groups in total. The summed E-state index contributed by atoms with van der Waals surface area (Å²) in [6.45, 7) is 1.88. The number of carbonyl (C=O) groups excluding carboxylic acids is 1. The highest BCUT2D eigenvalue weighted by Crippen LogP contribution is 2.22. The molecule has 1 aliphatic rings. The molecule has 8 heteroatoms. The molecule has 0 spiro atoms. The van der Waals surface area contributed by atoms with Crippen LogP contribution < -0.4 is 10.1 Å². The van der Waals surface area contributed by atoms with Crippen molar-refractivity contribution in [2.45, 2.75) is 24.2 Å². The molecule has 0 saturated carbocycles. The van der Waals surface area contributed by atoms with Crippen LogP contribution in [-0.2, 0) is 19.6 Å². The molecule has 2 rings (SSSR count). The maximum absolute atomic E-state index is 12.5. The van der Waals surface area contributed by atoms with Crippen LogP contribution in [0.5, 0.6) is 5.75 Å². The zero-order valence-electron chi connectivity index (χ0n) is 13.9. The van der Waals surface area contributed by atoms with E-state index in [4.69, 9.17) is 9.47 Å². The van der Waals surface area contributed by atoms with E-state index < -0.39 is 10.0 Å². The van der Waals surface area contributed by atoms with E-state index in [0.717, 1.165) is 19.3 Å². The average Bonchev–Trinajstić information content (AvgIpc) is 2.61. The fourth-order valence-electron chi connectivity index (χ4n) is 2.45. The highest BCUT2D eigenvalue weighted by Gasteiger charge is 2.25. The number of amides is 1. The van der Waals surface area contributed by atoms with Crippen LogP contribution in [0.15, 0.2) is 29.2 Å². The van der Waals surface area contributed by atoms with Crippen LogP contribution >= 0.6 is 0 Å². The molecule has 0 aliphatic carbocycles. The van der Waals surface area contributed by atoms with Gasteiger partial charge in [-0.1, -0.05) is 6.42 Å². The standard InChI is InChI=1S/C16H24N2O5S/c1-22-12-9-17-16(19)13-23-14-5-7-15(8-6-14)24(20,21)18-10-3-2-4-11-18/h5-8H,2-4,9-13H2,1H3,(H,17,19). The summed E-state index contributed by atoms with van der Waals surface area (Å²) < 4.78 is 36.7. The number of sulfonamides is 1. The van der Waals surface area contributed by atoms with Gasteiger partial charge in [-0.25, -0.2) is 8.42 Å². The van der Waals surface area contributed by atoms with Crippen LogP contribution in [0.3, 0.4) is 0 Å². The van der Waals surface area contributed by atoms with Crippen LogP contribution in [0.1, 0.15) is 19.3 Å². The summed E-state index contributed by atoms with van der Waals surface area (Å²) in [6, 6.07) is 6.17. The van der Waals surface area contributed by atoms with Gasteiger partial charge in [0, 0.05) is 26.7 Å². The number of rotatable bonds is 8. The second-order valence-corrected chi connectivity index (χ2v) is 7.51. The quantitative estimate of drug-likeness (QED) is 0.703. The largest absolute Gasteiger partial charge is 0.484 e. The van der Waals surface area contributed by atoms with Gasteiger partial charge in [0.1, 0.15) is 5.75 Å². The smallest absolute Gasteiger partial charge is 0.258 e. The lowest BCUT2D eigenvalue weighted by atomic mass is 10.2. The van der Waals surface area contributed by atoms with E-state index in [1.807, 2.05) is 0 Å². The SMILES string of the molecule is COCCNC(=O)COc1ccc(S(=O)(=O)N2CCCCC2)cc1. The normalized spacial score (nSPS) is 15.9. The van der Waals surface area contributed by atoms with Crippen molar-refractivity contribution in [2.24, 2.45) is 0 Å². The molecule has 1 fully saturated rings. The van der Waals surface area contributed by atoms with Crippen molar-refractivity contribution in [3.05, 3.63) is 24.3 Å². The molecule has 1 aromatic carbocycles. The Hall–Kier alpha value is -1.64. The van der Waals surface area contributed by atoms with E-state index in [0.29, 0.717) is 32.0 Å². The third kappa shape index (κ3) is 5.19. The summed E-state index contributed by atoms with van der Waals surface area (Å²) >= 11 is 0. The van der Waals surface area contributed by atoms with Crippen molar-refractivity contribution < 1.29 is 22.7 Å². The van der Waals surface area contributed by atoms with Crippen molar-refractivity contribution in [3.63, 3.8) is 0 Å². The van der Waals surface area contributed by atoms with Crippen LogP contribution in [0.25, 0.3) is 0 Å². The van der Waals surface area contributed by atoms with Gasteiger partial charge in [-0.05, 0) is 37.1 Å². The van der Waals surface area contributed by atoms with Crippen molar-refractivity contribution in [1.82, 2.24) is 9.62 Å². The molecule has 0 bridgehead atoms. The fourth-order valence-corrected chi connectivity index (χ4v) is 3.97. The second kappa shape index (κ2) is 9.00. The highest BCUT2D eigenvalue weighted by molar-refractivity contribution is 7.89. The Morgan fingerprint density at radius 1 is 1.17 bits per heavy atom. The number of carbonyl (C=O) groups is 1. The van der Waals surface area contributed by atoms with Crippen LogP contribution in [0.2, 0.25) is 0 Å². The Kier molecular flexibility index (Phi) is 7.01. The lowest BCUT2D eigenvalue weighted by Gasteiger charge is -2.25. The molecule has 0 unspecified atom stereocenters. The number of piperidine rings is 1. The van der Waals surface area contributed by atoms with E-state index in [1.165, 1.54) is 16.4 Å². The minimum Gasteiger partial charge on any atom is -0.484 e. The first kappa shape index (κ1) is 18.7. The first-order valence-electron chi connectivity index (χ1n) is 8.02. The first-order chi connectivity index (χ1) is 11.5. The molecule has 1 aliphatic heterocycles. The molecule has 7 nitrogen and oxygen atoms in total. The van der Waals surface area contributed by atoms with Gasteiger partial charge >= 0.3 is 0 Å². The maximum atomic E-state index is 12.5. The summed E-state index contributed by atoms with van der Waals surface area (Å²) in [5, 5.41) is 2.64. The van der Waals surface area contributed by atoms with E-state index in [1.54, 1.807) is 19.2 Å². The third-order valence-electron chi connectivity index (χ3n) is 3.77. The van der Waals surface area contributed by atoms with Gasteiger partial charge in [0.25, 0.3) is 5.91 Å².